The van der Waals surface area contributed by atoms with Crippen LogP contribution < -0.4 is 4.74 Å². The highest BCUT2D eigenvalue weighted by Gasteiger charge is 2.08. The summed E-state index contributed by atoms with van der Waals surface area (Å²) in [5, 5.41) is 18.6. The summed E-state index contributed by atoms with van der Waals surface area (Å²) in [6, 6.07) is 2.86. The molecule has 0 atom stereocenters. The highest BCUT2D eigenvalue weighted by Crippen LogP contribution is 2.38. The SMILES string of the molecule is COc1cc(O)cc(SC)c1O. The molecule has 0 unspecified atom stereocenters. The Morgan fingerprint density at radius 3 is 2.50 bits per heavy atom. The summed E-state index contributed by atoms with van der Waals surface area (Å²) < 4.78 is 4.84. The average molecular weight is 186 g/mol. The molecule has 0 bridgehead atoms. The first kappa shape index (κ1) is 9.06. The Hall–Kier alpha value is -1.03. The van der Waals surface area contributed by atoms with Gasteiger partial charge in [0.1, 0.15) is 5.75 Å². The molecule has 0 aliphatic heterocycles. The van der Waals surface area contributed by atoms with Gasteiger partial charge in [-0.1, -0.05) is 0 Å². The third-order valence-electron chi connectivity index (χ3n) is 1.46. The van der Waals surface area contributed by atoms with Crippen molar-refractivity contribution in [3.05, 3.63) is 12.1 Å². The molecule has 2 N–H and O–H groups in total. The average Bonchev–Trinajstić information content (AvgIpc) is 2.08. The van der Waals surface area contributed by atoms with Crippen molar-refractivity contribution in [2.45, 2.75) is 4.90 Å². The van der Waals surface area contributed by atoms with E-state index < -0.39 is 0 Å². The van der Waals surface area contributed by atoms with Crippen LogP contribution in [0, 0.1) is 0 Å². The number of benzene rings is 1. The number of rotatable bonds is 2. The smallest absolute Gasteiger partial charge is 0.171 e. The van der Waals surface area contributed by atoms with Gasteiger partial charge in [0.15, 0.2) is 11.5 Å². The summed E-state index contributed by atoms with van der Waals surface area (Å²) in [6.45, 7) is 0. The summed E-state index contributed by atoms with van der Waals surface area (Å²) in [4.78, 5) is 0.604. The minimum absolute atomic E-state index is 0.0720. The molecule has 0 saturated carbocycles. The Labute approximate surface area is 75.0 Å². The Bertz CT molecular complexity index is 261. The van der Waals surface area contributed by atoms with Gasteiger partial charge in [0.05, 0.1) is 12.0 Å². The van der Waals surface area contributed by atoms with E-state index in [9.17, 15) is 10.2 Å². The second-order valence-corrected chi connectivity index (χ2v) is 3.05. The second-order valence-electron chi connectivity index (χ2n) is 2.20. The molecule has 66 valence electrons. The van der Waals surface area contributed by atoms with Gasteiger partial charge >= 0.3 is 0 Å². The summed E-state index contributed by atoms with van der Waals surface area (Å²) >= 11 is 1.35. The molecule has 12 heavy (non-hydrogen) atoms. The van der Waals surface area contributed by atoms with Crippen LogP contribution in [-0.2, 0) is 0 Å². The quantitative estimate of drug-likeness (QED) is 0.546. The number of hydrogen-bond donors (Lipinski definition) is 2. The lowest BCUT2D eigenvalue weighted by Crippen LogP contribution is -1.84. The van der Waals surface area contributed by atoms with Crippen molar-refractivity contribution in [2.75, 3.05) is 13.4 Å². The van der Waals surface area contributed by atoms with E-state index in [2.05, 4.69) is 0 Å². The summed E-state index contributed by atoms with van der Waals surface area (Å²) in [5.74, 6) is 0.455. The van der Waals surface area contributed by atoms with Crippen LogP contribution in [-0.4, -0.2) is 23.6 Å². The van der Waals surface area contributed by atoms with Crippen LogP contribution in [0.3, 0.4) is 0 Å². The fraction of sp³-hybridized carbons (Fsp3) is 0.250. The Balaban J connectivity index is 3.22. The van der Waals surface area contributed by atoms with Gasteiger partial charge in [0, 0.05) is 6.07 Å². The number of phenols is 2. The first-order valence-electron chi connectivity index (χ1n) is 3.33. The summed E-state index contributed by atoms with van der Waals surface area (Å²) in [7, 11) is 1.44. The van der Waals surface area contributed by atoms with E-state index in [0.717, 1.165) is 0 Å². The van der Waals surface area contributed by atoms with Gasteiger partial charge in [-0.2, -0.15) is 0 Å². The largest absolute Gasteiger partial charge is 0.508 e. The maximum Gasteiger partial charge on any atom is 0.171 e. The van der Waals surface area contributed by atoms with Crippen LogP contribution in [0.15, 0.2) is 17.0 Å². The molecule has 0 amide bonds. The topological polar surface area (TPSA) is 49.7 Å². The lowest BCUT2D eigenvalue weighted by molar-refractivity contribution is 0.362. The third kappa shape index (κ3) is 1.58. The highest BCUT2D eigenvalue weighted by atomic mass is 32.2. The van der Waals surface area contributed by atoms with E-state index in [1.165, 1.54) is 31.0 Å². The normalized spacial score (nSPS) is 9.83. The first-order valence-corrected chi connectivity index (χ1v) is 4.55. The zero-order valence-corrected chi connectivity index (χ0v) is 7.68. The van der Waals surface area contributed by atoms with Crippen LogP contribution in [0.1, 0.15) is 0 Å². The third-order valence-corrected chi connectivity index (χ3v) is 2.22. The molecule has 0 aliphatic carbocycles. The number of thioether (sulfide) groups is 1. The van der Waals surface area contributed by atoms with Crippen LogP contribution in [0.5, 0.6) is 17.2 Å². The van der Waals surface area contributed by atoms with Crippen molar-refractivity contribution in [2.24, 2.45) is 0 Å². The Morgan fingerprint density at radius 1 is 1.33 bits per heavy atom. The molecule has 0 aliphatic rings. The van der Waals surface area contributed by atoms with Gasteiger partial charge in [-0.25, -0.2) is 0 Å². The second kappa shape index (κ2) is 3.58. The van der Waals surface area contributed by atoms with E-state index in [1.807, 2.05) is 6.26 Å². The van der Waals surface area contributed by atoms with Gasteiger partial charge < -0.3 is 14.9 Å². The molecule has 1 aromatic rings. The number of aromatic hydroxyl groups is 2. The van der Waals surface area contributed by atoms with Gasteiger partial charge in [-0.05, 0) is 12.3 Å². The molecule has 0 fully saturated rings. The molecule has 0 radical (unpaired) electrons. The predicted molar refractivity (Wildman–Crippen MR) is 48.1 cm³/mol. The molecule has 1 aromatic carbocycles. The molecular weight excluding hydrogens is 176 g/mol. The summed E-state index contributed by atoms with van der Waals surface area (Å²) in [5.41, 5.74) is 0. The fourth-order valence-electron chi connectivity index (χ4n) is 0.880. The molecule has 0 spiro atoms. The van der Waals surface area contributed by atoms with Crippen molar-refractivity contribution in [1.82, 2.24) is 0 Å². The zero-order chi connectivity index (χ0) is 9.14. The molecule has 4 heteroatoms. The lowest BCUT2D eigenvalue weighted by Gasteiger charge is -2.07. The van der Waals surface area contributed by atoms with Crippen LogP contribution in [0.2, 0.25) is 0 Å². The number of ether oxygens (including phenoxy) is 1. The van der Waals surface area contributed by atoms with E-state index in [1.54, 1.807) is 0 Å². The van der Waals surface area contributed by atoms with E-state index in [-0.39, 0.29) is 11.5 Å². The maximum absolute atomic E-state index is 9.46. The van der Waals surface area contributed by atoms with Crippen LogP contribution in [0.25, 0.3) is 0 Å². The van der Waals surface area contributed by atoms with Gasteiger partial charge in [0.25, 0.3) is 0 Å². The highest BCUT2D eigenvalue weighted by molar-refractivity contribution is 7.98. The number of hydrogen-bond acceptors (Lipinski definition) is 4. The molecule has 3 nitrogen and oxygen atoms in total. The number of phenolic OH excluding ortho intramolecular Hbond substituents is 2. The van der Waals surface area contributed by atoms with E-state index in [4.69, 9.17) is 4.74 Å². The minimum Gasteiger partial charge on any atom is -0.508 e. The maximum atomic E-state index is 9.46. The molecule has 1 rings (SSSR count). The molecule has 0 heterocycles. The number of methoxy groups -OCH3 is 1. The first-order chi connectivity index (χ1) is 5.69. The lowest BCUT2D eigenvalue weighted by atomic mass is 10.3. The Kier molecular flexibility index (Phi) is 2.70. The molecule has 0 saturated heterocycles. The van der Waals surface area contributed by atoms with Crippen molar-refractivity contribution in [3.63, 3.8) is 0 Å². The van der Waals surface area contributed by atoms with E-state index >= 15 is 0 Å². The minimum atomic E-state index is 0.0720. The van der Waals surface area contributed by atoms with Gasteiger partial charge in [-0.3, -0.25) is 0 Å². The zero-order valence-electron chi connectivity index (χ0n) is 6.87. The molecular formula is C8H10O3S. The monoisotopic (exact) mass is 186 g/mol. The van der Waals surface area contributed by atoms with Crippen molar-refractivity contribution in [3.8, 4) is 17.2 Å². The van der Waals surface area contributed by atoms with Crippen LogP contribution >= 0.6 is 11.8 Å². The standard InChI is InChI=1S/C8H10O3S/c1-11-6-3-5(9)4-7(12-2)8(6)10/h3-4,9-10H,1-2H3. The van der Waals surface area contributed by atoms with Crippen molar-refractivity contribution in [1.29, 1.82) is 0 Å². The van der Waals surface area contributed by atoms with Crippen molar-refractivity contribution < 1.29 is 14.9 Å². The predicted octanol–water partition coefficient (Wildman–Crippen LogP) is 1.83. The Morgan fingerprint density at radius 2 is 2.00 bits per heavy atom. The molecule has 0 aromatic heterocycles. The van der Waals surface area contributed by atoms with Crippen LogP contribution in [0.4, 0.5) is 0 Å². The fourth-order valence-corrected chi connectivity index (χ4v) is 1.41. The van der Waals surface area contributed by atoms with Gasteiger partial charge in [-0.15, -0.1) is 11.8 Å². The summed E-state index contributed by atoms with van der Waals surface area (Å²) in [6.07, 6.45) is 1.81. The van der Waals surface area contributed by atoms with Crippen molar-refractivity contribution >= 4 is 11.8 Å². The van der Waals surface area contributed by atoms with E-state index in [0.29, 0.717) is 10.6 Å². The van der Waals surface area contributed by atoms with Gasteiger partial charge in [0.2, 0.25) is 0 Å².